The van der Waals surface area contributed by atoms with E-state index in [2.05, 4.69) is 16.0 Å². The molecule has 0 fully saturated rings. The van der Waals surface area contributed by atoms with Gasteiger partial charge in [0.2, 0.25) is 5.91 Å². The lowest BCUT2D eigenvalue weighted by atomic mass is 10.1. The molecule has 1 aromatic rings. The Labute approximate surface area is 173 Å². The number of hydrogen-bond donors (Lipinski definition) is 3. The second-order valence-electron chi connectivity index (χ2n) is 6.34. The Morgan fingerprint density at radius 1 is 1.00 bits per heavy atom. The maximum absolute atomic E-state index is 12.0. The zero-order chi connectivity index (χ0) is 21.3. The van der Waals surface area contributed by atoms with Crippen molar-refractivity contribution >= 4 is 46.9 Å². The molecule has 0 bridgehead atoms. The van der Waals surface area contributed by atoms with Gasteiger partial charge in [-0.05, 0) is 31.0 Å². The maximum atomic E-state index is 12.0. The minimum Gasteiger partial charge on any atom is -0.454 e. The van der Waals surface area contributed by atoms with Gasteiger partial charge in [0.1, 0.15) is 6.54 Å². The number of rotatable bonds is 9. The predicted octanol–water partition coefficient (Wildman–Crippen LogP) is 1.54. The Kier molecular flexibility index (Phi) is 9.75. The van der Waals surface area contributed by atoms with Crippen molar-refractivity contribution in [2.45, 2.75) is 26.8 Å². The first-order valence-electron chi connectivity index (χ1n) is 8.55. The first-order valence-corrected chi connectivity index (χ1v) is 9.30. The standard InChI is InChI=1S/C18H23Cl2N3O5/c1-10(2)11(3)23-16(25)9-28-17(26)8-21-15(24)7-22-18(27)13-5-4-12(19)6-14(13)20/h4-6,10-11H,7-9H2,1-3H3,(H,21,24)(H,22,27)(H,23,25). The van der Waals surface area contributed by atoms with Crippen LogP contribution in [0, 0.1) is 5.92 Å². The van der Waals surface area contributed by atoms with Gasteiger partial charge in [0.05, 0.1) is 17.1 Å². The number of halogens is 2. The summed E-state index contributed by atoms with van der Waals surface area (Å²) >= 11 is 11.7. The molecule has 0 saturated heterocycles. The first-order chi connectivity index (χ1) is 13.1. The Morgan fingerprint density at radius 3 is 2.29 bits per heavy atom. The second kappa shape index (κ2) is 11.5. The van der Waals surface area contributed by atoms with Crippen molar-refractivity contribution in [1.82, 2.24) is 16.0 Å². The van der Waals surface area contributed by atoms with Gasteiger partial charge in [-0.2, -0.15) is 0 Å². The minimum absolute atomic E-state index is 0.0522. The van der Waals surface area contributed by atoms with Crippen molar-refractivity contribution < 1.29 is 23.9 Å². The maximum Gasteiger partial charge on any atom is 0.325 e. The highest BCUT2D eigenvalue weighted by molar-refractivity contribution is 6.36. The van der Waals surface area contributed by atoms with E-state index in [0.29, 0.717) is 5.02 Å². The quantitative estimate of drug-likeness (QED) is 0.513. The van der Waals surface area contributed by atoms with Crippen LogP contribution in [-0.4, -0.2) is 49.4 Å². The highest BCUT2D eigenvalue weighted by atomic mass is 35.5. The number of esters is 1. The summed E-state index contributed by atoms with van der Waals surface area (Å²) in [6.07, 6.45) is 0. The summed E-state index contributed by atoms with van der Waals surface area (Å²) in [5.41, 5.74) is 0.167. The molecule has 3 N–H and O–H groups in total. The van der Waals surface area contributed by atoms with Crippen LogP contribution in [0.4, 0.5) is 0 Å². The average Bonchev–Trinajstić information content (AvgIpc) is 2.62. The van der Waals surface area contributed by atoms with E-state index in [1.165, 1.54) is 18.2 Å². The molecular formula is C18H23Cl2N3O5. The molecule has 10 heteroatoms. The SMILES string of the molecule is CC(C)C(C)NC(=O)COC(=O)CNC(=O)CNC(=O)c1ccc(Cl)cc1Cl. The number of ether oxygens (including phenoxy) is 1. The molecule has 1 atom stereocenters. The van der Waals surface area contributed by atoms with E-state index < -0.39 is 36.8 Å². The van der Waals surface area contributed by atoms with Crippen molar-refractivity contribution in [1.29, 1.82) is 0 Å². The van der Waals surface area contributed by atoms with E-state index >= 15 is 0 Å². The topological polar surface area (TPSA) is 114 Å². The van der Waals surface area contributed by atoms with Crippen LogP contribution < -0.4 is 16.0 Å². The minimum atomic E-state index is -0.771. The molecule has 0 aliphatic heterocycles. The van der Waals surface area contributed by atoms with E-state index in [9.17, 15) is 19.2 Å². The fourth-order valence-corrected chi connectivity index (χ4v) is 2.32. The molecule has 1 aromatic carbocycles. The van der Waals surface area contributed by atoms with Crippen LogP contribution in [0.2, 0.25) is 10.0 Å². The molecule has 0 aromatic heterocycles. The van der Waals surface area contributed by atoms with Crippen molar-refractivity contribution in [2.24, 2.45) is 5.92 Å². The molecule has 3 amide bonds. The Balaban J connectivity index is 2.29. The van der Waals surface area contributed by atoms with Crippen LogP contribution in [0.25, 0.3) is 0 Å². The number of hydrogen-bond acceptors (Lipinski definition) is 5. The van der Waals surface area contributed by atoms with Gasteiger partial charge in [-0.25, -0.2) is 0 Å². The van der Waals surface area contributed by atoms with Crippen molar-refractivity contribution in [2.75, 3.05) is 19.7 Å². The highest BCUT2D eigenvalue weighted by Crippen LogP contribution is 2.20. The largest absolute Gasteiger partial charge is 0.454 e. The Bertz CT molecular complexity index is 740. The van der Waals surface area contributed by atoms with Gasteiger partial charge in [0, 0.05) is 11.1 Å². The van der Waals surface area contributed by atoms with Gasteiger partial charge in [0.25, 0.3) is 11.8 Å². The summed E-state index contributed by atoms with van der Waals surface area (Å²) < 4.78 is 4.77. The van der Waals surface area contributed by atoms with Gasteiger partial charge in [0.15, 0.2) is 6.61 Å². The predicted molar refractivity (Wildman–Crippen MR) is 105 cm³/mol. The summed E-state index contributed by atoms with van der Waals surface area (Å²) in [4.78, 5) is 46.9. The highest BCUT2D eigenvalue weighted by Gasteiger charge is 2.15. The van der Waals surface area contributed by atoms with Crippen LogP contribution in [0.5, 0.6) is 0 Å². The van der Waals surface area contributed by atoms with Crippen molar-refractivity contribution in [3.63, 3.8) is 0 Å². The molecule has 0 aliphatic rings. The van der Waals surface area contributed by atoms with Gasteiger partial charge >= 0.3 is 5.97 Å². The van der Waals surface area contributed by atoms with Crippen LogP contribution in [0.1, 0.15) is 31.1 Å². The number of benzene rings is 1. The molecule has 0 spiro atoms. The summed E-state index contributed by atoms with van der Waals surface area (Å²) in [7, 11) is 0. The smallest absolute Gasteiger partial charge is 0.325 e. The molecular weight excluding hydrogens is 409 g/mol. The zero-order valence-corrected chi connectivity index (χ0v) is 17.3. The van der Waals surface area contributed by atoms with Crippen LogP contribution in [0.3, 0.4) is 0 Å². The summed E-state index contributed by atoms with van der Waals surface area (Å²) in [6, 6.07) is 4.28. The van der Waals surface area contributed by atoms with Crippen molar-refractivity contribution in [3.05, 3.63) is 33.8 Å². The fourth-order valence-electron chi connectivity index (χ4n) is 1.82. The zero-order valence-electron chi connectivity index (χ0n) is 15.8. The molecule has 0 radical (unpaired) electrons. The summed E-state index contributed by atoms with van der Waals surface area (Å²) in [5, 5.41) is 7.87. The molecule has 1 rings (SSSR count). The Morgan fingerprint density at radius 2 is 1.68 bits per heavy atom. The third-order valence-corrected chi connectivity index (χ3v) is 4.32. The van der Waals surface area contributed by atoms with E-state index in [-0.39, 0.29) is 29.1 Å². The molecule has 0 aliphatic carbocycles. The first kappa shape index (κ1) is 23.7. The molecule has 0 saturated carbocycles. The van der Waals surface area contributed by atoms with E-state index in [1.54, 1.807) is 0 Å². The van der Waals surface area contributed by atoms with E-state index in [4.69, 9.17) is 27.9 Å². The lowest BCUT2D eigenvalue weighted by Crippen LogP contribution is -2.41. The molecule has 28 heavy (non-hydrogen) atoms. The second-order valence-corrected chi connectivity index (χ2v) is 7.19. The van der Waals surface area contributed by atoms with Gasteiger partial charge in [-0.1, -0.05) is 37.0 Å². The third kappa shape index (κ3) is 8.58. The lowest BCUT2D eigenvalue weighted by Gasteiger charge is -2.17. The number of carbonyl (C=O) groups is 4. The Hall–Kier alpha value is -2.32. The van der Waals surface area contributed by atoms with Crippen LogP contribution in [-0.2, 0) is 19.1 Å². The normalized spacial score (nSPS) is 11.5. The van der Waals surface area contributed by atoms with E-state index in [0.717, 1.165) is 0 Å². The molecule has 8 nitrogen and oxygen atoms in total. The van der Waals surface area contributed by atoms with Crippen molar-refractivity contribution in [3.8, 4) is 0 Å². The van der Waals surface area contributed by atoms with Gasteiger partial charge in [-0.15, -0.1) is 0 Å². The van der Waals surface area contributed by atoms with E-state index in [1.807, 2.05) is 20.8 Å². The lowest BCUT2D eigenvalue weighted by molar-refractivity contribution is -0.148. The average molecular weight is 432 g/mol. The van der Waals surface area contributed by atoms with Gasteiger partial charge in [-0.3, -0.25) is 19.2 Å². The number of carbonyl (C=O) groups excluding carboxylic acids is 4. The molecule has 154 valence electrons. The molecule has 0 heterocycles. The number of nitrogens with one attached hydrogen (secondary N) is 3. The van der Waals surface area contributed by atoms with Gasteiger partial charge < -0.3 is 20.7 Å². The molecule has 1 unspecified atom stereocenters. The third-order valence-electron chi connectivity index (χ3n) is 3.77. The van der Waals surface area contributed by atoms with Crippen LogP contribution in [0.15, 0.2) is 18.2 Å². The van der Waals surface area contributed by atoms with Crippen LogP contribution >= 0.6 is 23.2 Å². The summed E-state index contributed by atoms with van der Waals surface area (Å²) in [6.45, 7) is 4.52. The summed E-state index contributed by atoms with van der Waals surface area (Å²) in [5.74, 6) is -2.11. The monoisotopic (exact) mass is 431 g/mol. The number of amides is 3. The fraction of sp³-hybridized carbons (Fsp3) is 0.444.